The van der Waals surface area contributed by atoms with Gasteiger partial charge in [-0.15, -0.1) is 0 Å². The van der Waals surface area contributed by atoms with Crippen molar-refractivity contribution in [3.05, 3.63) is 59.4 Å². The maximum Gasteiger partial charge on any atom is 0.272 e. The van der Waals surface area contributed by atoms with Crippen LogP contribution >= 0.6 is 0 Å². The van der Waals surface area contributed by atoms with Crippen LogP contribution in [0.4, 0.5) is 5.69 Å². The number of aromatic nitrogens is 1. The maximum atomic E-state index is 12.6. The number of pyridine rings is 1. The van der Waals surface area contributed by atoms with E-state index in [0.29, 0.717) is 29.9 Å². The number of rotatable bonds is 7. The van der Waals surface area contributed by atoms with Gasteiger partial charge in [0.25, 0.3) is 11.8 Å². The molecule has 0 aliphatic rings. The Morgan fingerprint density at radius 2 is 1.88 bits per heavy atom. The number of nitrogens with one attached hydrogen (secondary N) is 1. The van der Waals surface area contributed by atoms with Gasteiger partial charge in [0.2, 0.25) is 0 Å². The summed E-state index contributed by atoms with van der Waals surface area (Å²) in [6, 6.07) is 11.7. The van der Waals surface area contributed by atoms with Crippen LogP contribution in [0.25, 0.3) is 0 Å². The average Bonchev–Trinajstić information content (AvgIpc) is 2.67. The van der Waals surface area contributed by atoms with Crippen molar-refractivity contribution >= 4 is 17.5 Å². The van der Waals surface area contributed by atoms with Gasteiger partial charge in [-0.05, 0) is 43.2 Å². The first-order valence-electron chi connectivity index (χ1n) is 8.65. The SMILES string of the molecule is CCCN(CCC)C(=O)c1cc(C(=O)Nc2cccc(C#N)c2)ccn1. The lowest BCUT2D eigenvalue weighted by molar-refractivity contribution is 0.0749. The number of nitriles is 1. The number of nitrogens with zero attached hydrogens (tertiary/aromatic N) is 3. The van der Waals surface area contributed by atoms with Gasteiger partial charge >= 0.3 is 0 Å². The largest absolute Gasteiger partial charge is 0.337 e. The summed E-state index contributed by atoms with van der Waals surface area (Å²) < 4.78 is 0. The first-order valence-corrected chi connectivity index (χ1v) is 8.65. The zero-order chi connectivity index (χ0) is 18.9. The number of hydrogen-bond acceptors (Lipinski definition) is 4. The maximum absolute atomic E-state index is 12.6. The predicted octanol–water partition coefficient (Wildman–Crippen LogP) is 3.47. The summed E-state index contributed by atoms with van der Waals surface area (Å²) in [6.07, 6.45) is 3.19. The molecule has 2 amide bonds. The Balaban J connectivity index is 2.18. The fraction of sp³-hybridized carbons (Fsp3) is 0.300. The van der Waals surface area contributed by atoms with Crippen molar-refractivity contribution in [1.82, 2.24) is 9.88 Å². The van der Waals surface area contributed by atoms with Crippen molar-refractivity contribution in [1.29, 1.82) is 5.26 Å². The topological polar surface area (TPSA) is 86.1 Å². The van der Waals surface area contributed by atoms with E-state index in [1.807, 2.05) is 19.9 Å². The third-order valence-corrected chi connectivity index (χ3v) is 3.77. The Kier molecular flexibility index (Phi) is 6.86. The van der Waals surface area contributed by atoms with Gasteiger partial charge in [-0.25, -0.2) is 0 Å². The Morgan fingerprint density at radius 1 is 1.15 bits per heavy atom. The van der Waals surface area contributed by atoms with Crippen LogP contribution in [0.1, 0.15) is 53.1 Å². The van der Waals surface area contributed by atoms with E-state index in [2.05, 4.69) is 10.3 Å². The number of anilines is 1. The molecule has 1 heterocycles. The molecule has 1 aromatic heterocycles. The number of carbonyl (C=O) groups excluding carboxylic acids is 2. The highest BCUT2D eigenvalue weighted by molar-refractivity contribution is 6.05. The van der Waals surface area contributed by atoms with E-state index in [1.165, 1.54) is 12.3 Å². The minimum atomic E-state index is -0.353. The number of amides is 2. The fourth-order valence-electron chi connectivity index (χ4n) is 2.58. The minimum absolute atomic E-state index is 0.171. The lowest BCUT2D eigenvalue weighted by Crippen LogP contribution is -2.33. The third kappa shape index (κ3) is 4.90. The van der Waals surface area contributed by atoms with Crippen LogP contribution in [0.3, 0.4) is 0 Å². The molecule has 1 N–H and O–H groups in total. The Morgan fingerprint density at radius 3 is 2.54 bits per heavy atom. The lowest BCUT2D eigenvalue weighted by atomic mass is 10.1. The highest BCUT2D eigenvalue weighted by Crippen LogP contribution is 2.13. The Bertz CT molecular complexity index is 821. The molecule has 6 nitrogen and oxygen atoms in total. The number of hydrogen-bond donors (Lipinski definition) is 1. The first kappa shape index (κ1) is 19.1. The molecule has 2 aromatic rings. The molecule has 0 atom stereocenters. The van der Waals surface area contributed by atoms with Crippen LogP contribution in [0.15, 0.2) is 42.6 Å². The van der Waals surface area contributed by atoms with E-state index in [-0.39, 0.29) is 17.5 Å². The lowest BCUT2D eigenvalue weighted by Gasteiger charge is -2.21. The van der Waals surface area contributed by atoms with Crippen molar-refractivity contribution in [2.75, 3.05) is 18.4 Å². The van der Waals surface area contributed by atoms with Crippen molar-refractivity contribution in [3.63, 3.8) is 0 Å². The normalized spacial score (nSPS) is 10.0. The van der Waals surface area contributed by atoms with Crippen molar-refractivity contribution in [3.8, 4) is 6.07 Å². The summed E-state index contributed by atoms with van der Waals surface area (Å²) >= 11 is 0. The van der Waals surface area contributed by atoms with Crippen LogP contribution in [-0.4, -0.2) is 34.8 Å². The Hall–Kier alpha value is -3.20. The quantitative estimate of drug-likeness (QED) is 0.828. The van der Waals surface area contributed by atoms with Crippen molar-refractivity contribution in [2.24, 2.45) is 0 Å². The second-order valence-electron chi connectivity index (χ2n) is 5.87. The van der Waals surface area contributed by atoms with E-state index in [0.717, 1.165) is 12.8 Å². The van der Waals surface area contributed by atoms with Crippen LogP contribution in [0.5, 0.6) is 0 Å². The highest BCUT2D eigenvalue weighted by Gasteiger charge is 2.17. The molecule has 134 valence electrons. The summed E-state index contributed by atoms with van der Waals surface area (Å²) in [7, 11) is 0. The third-order valence-electron chi connectivity index (χ3n) is 3.77. The van der Waals surface area contributed by atoms with E-state index in [9.17, 15) is 9.59 Å². The van der Waals surface area contributed by atoms with Crippen LogP contribution in [0, 0.1) is 11.3 Å². The molecule has 0 saturated carbocycles. The monoisotopic (exact) mass is 350 g/mol. The molecule has 0 radical (unpaired) electrons. The molecule has 1 aromatic carbocycles. The Labute approximate surface area is 153 Å². The van der Waals surface area contributed by atoms with Crippen LogP contribution in [0.2, 0.25) is 0 Å². The molecular weight excluding hydrogens is 328 g/mol. The minimum Gasteiger partial charge on any atom is -0.337 e. The van der Waals surface area contributed by atoms with Crippen molar-refractivity contribution in [2.45, 2.75) is 26.7 Å². The summed E-state index contributed by atoms with van der Waals surface area (Å²) in [6.45, 7) is 5.35. The molecule has 0 saturated heterocycles. The molecule has 0 bridgehead atoms. The zero-order valence-corrected chi connectivity index (χ0v) is 15.0. The summed E-state index contributed by atoms with van der Waals surface area (Å²) in [5, 5.41) is 11.7. The second kappa shape index (κ2) is 9.33. The van der Waals surface area contributed by atoms with Gasteiger partial charge in [0.1, 0.15) is 5.69 Å². The highest BCUT2D eigenvalue weighted by atomic mass is 16.2. The number of benzene rings is 1. The predicted molar refractivity (Wildman–Crippen MR) is 99.8 cm³/mol. The van der Waals surface area contributed by atoms with E-state index < -0.39 is 0 Å². The van der Waals surface area contributed by atoms with Gasteiger partial charge in [-0.2, -0.15) is 5.26 Å². The van der Waals surface area contributed by atoms with Gasteiger partial charge in [0.15, 0.2) is 0 Å². The molecule has 0 unspecified atom stereocenters. The second-order valence-corrected chi connectivity index (χ2v) is 5.87. The smallest absolute Gasteiger partial charge is 0.272 e. The van der Waals surface area contributed by atoms with Gasteiger partial charge < -0.3 is 10.2 Å². The van der Waals surface area contributed by atoms with E-state index >= 15 is 0 Å². The van der Waals surface area contributed by atoms with Gasteiger partial charge in [0, 0.05) is 30.5 Å². The average molecular weight is 350 g/mol. The molecule has 2 rings (SSSR count). The molecule has 0 aliphatic heterocycles. The standard InChI is InChI=1S/C20H22N4O2/c1-3-10-24(11-4-2)20(26)18-13-16(8-9-22-18)19(25)23-17-7-5-6-15(12-17)14-21/h5-9,12-13H,3-4,10-11H2,1-2H3,(H,23,25). The summed E-state index contributed by atoms with van der Waals surface area (Å²) in [5.41, 5.74) is 1.59. The molecule has 0 spiro atoms. The summed E-state index contributed by atoms with van der Waals surface area (Å²) in [4.78, 5) is 31.0. The fourth-order valence-corrected chi connectivity index (χ4v) is 2.58. The van der Waals surface area contributed by atoms with Gasteiger partial charge in [-0.3, -0.25) is 14.6 Å². The van der Waals surface area contributed by atoms with Gasteiger partial charge in [-0.1, -0.05) is 19.9 Å². The zero-order valence-electron chi connectivity index (χ0n) is 15.0. The summed E-state index contributed by atoms with van der Waals surface area (Å²) in [5.74, 6) is -0.524. The molecule has 6 heteroatoms. The van der Waals surface area contributed by atoms with Crippen molar-refractivity contribution < 1.29 is 9.59 Å². The van der Waals surface area contributed by atoms with Crippen LogP contribution < -0.4 is 5.32 Å². The van der Waals surface area contributed by atoms with E-state index in [4.69, 9.17) is 5.26 Å². The van der Waals surface area contributed by atoms with E-state index in [1.54, 1.807) is 35.2 Å². The number of carbonyl (C=O) groups is 2. The van der Waals surface area contributed by atoms with Crippen LogP contribution in [-0.2, 0) is 0 Å². The molecule has 26 heavy (non-hydrogen) atoms. The molecule has 0 aliphatic carbocycles. The molecular formula is C20H22N4O2. The first-order chi connectivity index (χ1) is 12.6. The molecule has 0 fully saturated rings. The van der Waals surface area contributed by atoms with Gasteiger partial charge in [0.05, 0.1) is 11.6 Å².